The molecule has 0 heterocycles. The van der Waals surface area contributed by atoms with Crippen molar-refractivity contribution in [1.29, 1.82) is 0 Å². The normalized spacial score (nSPS) is 14.2. The molecule has 0 aromatic heterocycles. The lowest BCUT2D eigenvalue weighted by Crippen LogP contribution is -2.30. The minimum atomic E-state index is -4.96. The van der Waals surface area contributed by atoms with Crippen molar-refractivity contribution in [3.8, 4) is 0 Å². The molecule has 0 aromatic rings. The maximum Gasteiger partial charge on any atom is 0.472 e. The number of hydrogen-bond donors (Lipinski definition) is 3. The molecule has 17 nitrogen and oxygen atoms in total. The highest BCUT2D eigenvalue weighted by Gasteiger charge is 2.30. The van der Waals surface area contributed by atoms with E-state index in [1.165, 1.54) is 244 Å². The van der Waals surface area contributed by atoms with Gasteiger partial charge in [-0.15, -0.1) is 0 Å². The van der Waals surface area contributed by atoms with E-state index in [0.29, 0.717) is 25.7 Å². The Labute approximate surface area is 632 Å². The second-order valence-corrected chi connectivity index (χ2v) is 34.3. The summed E-state index contributed by atoms with van der Waals surface area (Å²) in [4.78, 5) is 73.1. The molecule has 6 atom stereocenters. The number of aliphatic hydroxyl groups excluding tert-OH is 1. The van der Waals surface area contributed by atoms with Crippen LogP contribution in [0.5, 0.6) is 0 Å². The van der Waals surface area contributed by atoms with Crippen LogP contribution in [0, 0.1) is 17.8 Å². The first-order valence-electron chi connectivity index (χ1n) is 43.4. The van der Waals surface area contributed by atoms with Crippen LogP contribution in [-0.4, -0.2) is 96.7 Å². The number of phosphoric acid groups is 2. The summed E-state index contributed by atoms with van der Waals surface area (Å²) in [6, 6.07) is 0. The van der Waals surface area contributed by atoms with E-state index in [-0.39, 0.29) is 25.7 Å². The Balaban J connectivity index is 5.22. The van der Waals surface area contributed by atoms with Crippen LogP contribution in [-0.2, 0) is 65.4 Å². The molecule has 0 amide bonds. The molecule has 19 heteroatoms. The number of phosphoric ester groups is 2. The average molecular weight is 1510 g/mol. The summed E-state index contributed by atoms with van der Waals surface area (Å²) in [6.07, 6.45) is 63.9. The van der Waals surface area contributed by atoms with Crippen LogP contribution in [0.4, 0.5) is 0 Å². The van der Waals surface area contributed by atoms with Gasteiger partial charge in [-0.25, -0.2) is 9.13 Å². The lowest BCUT2D eigenvalue weighted by molar-refractivity contribution is -0.161. The molecule has 103 heavy (non-hydrogen) atoms. The van der Waals surface area contributed by atoms with Gasteiger partial charge in [-0.2, -0.15) is 0 Å². The van der Waals surface area contributed by atoms with Gasteiger partial charge in [0.2, 0.25) is 0 Å². The van der Waals surface area contributed by atoms with E-state index >= 15 is 0 Å². The number of aliphatic hydroxyl groups is 1. The van der Waals surface area contributed by atoms with E-state index in [0.717, 1.165) is 114 Å². The number of rotatable bonds is 82. The molecule has 0 aliphatic carbocycles. The van der Waals surface area contributed by atoms with Crippen LogP contribution in [0.2, 0.25) is 0 Å². The van der Waals surface area contributed by atoms with Crippen molar-refractivity contribution in [2.45, 2.75) is 458 Å². The van der Waals surface area contributed by atoms with Gasteiger partial charge in [-0.3, -0.25) is 37.3 Å². The summed E-state index contributed by atoms with van der Waals surface area (Å²) >= 11 is 0. The van der Waals surface area contributed by atoms with E-state index in [4.69, 9.17) is 37.0 Å². The quantitative estimate of drug-likeness (QED) is 0.0222. The Morgan fingerprint density at radius 1 is 0.282 bits per heavy atom. The first-order chi connectivity index (χ1) is 49.8. The van der Waals surface area contributed by atoms with Gasteiger partial charge in [0.05, 0.1) is 26.4 Å². The van der Waals surface area contributed by atoms with Gasteiger partial charge < -0.3 is 33.8 Å². The van der Waals surface area contributed by atoms with Gasteiger partial charge in [0, 0.05) is 25.7 Å². The van der Waals surface area contributed by atoms with Crippen molar-refractivity contribution in [2.24, 2.45) is 17.8 Å². The third kappa shape index (κ3) is 76.6. The summed E-state index contributed by atoms with van der Waals surface area (Å²) in [7, 11) is -9.92. The van der Waals surface area contributed by atoms with Crippen LogP contribution in [0.25, 0.3) is 0 Å². The standard InChI is InChI=1S/C84H164O17P2/c1-8-10-11-12-13-14-15-26-34-39-44-53-60-67-84(89)101-80(72-95-82(87)66-59-52-47-46-50-57-64-77(7)9-2)74-99-103(92,93)97-70-78(85)69-96-102(90,91)98-73-79(71-94-81(86)65-58-51-43-38-33-29-24-21-20-23-28-32-37-42-49-56-63-76(5)6)100-83(88)68-61-54-45-40-35-30-25-19-17-16-18-22-27-31-36-41-48-55-62-75(3)4/h75-80,85H,8-74H2,1-7H3,(H,90,91)(H,92,93)/t77?,78-,79-,80-/m1/s1. The number of esters is 4. The Hall–Kier alpha value is -1.94. The molecule has 0 saturated carbocycles. The molecule has 0 aromatic carbocycles. The Kier molecular flexibility index (Phi) is 72.8. The van der Waals surface area contributed by atoms with Gasteiger partial charge in [0.15, 0.2) is 12.2 Å². The van der Waals surface area contributed by atoms with Gasteiger partial charge in [-0.1, -0.05) is 389 Å². The highest BCUT2D eigenvalue weighted by Crippen LogP contribution is 2.45. The first-order valence-corrected chi connectivity index (χ1v) is 46.4. The van der Waals surface area contributed by atoms with Crippen molar-refractivity contribution in [3.63, 3.8) is 0 Å². The van der Waals surface area contributed by atoms with E-state index in [1.807, 2.05) is 0 Å². The highest BCUT2D eigenvalue weighted by molar-refractivity contribution is 7.47. The lowest BCUT2D eigenvalue weighted by Gasteiger charge is -2.21. The number of hydrogen-bond acceptors (Lipinski definition) is 15. The molecule has 0 bridgehead atoms. The SMILES string of the molecule is CCCCCCCCCCCCCCCC(=O)O[C@H](COC(=O)CCCCCCCCC(C)CC)COP(=O)(O)OC[C@H](O)COP(=O)(O)OC[C@@H](COC(=O)CCCCCCCCCCCCCCCCCCC(C)C)OC(=O)CCCCCCCCCCCCCCCCCCCCC(C)C. The summed E-state index contributed by atoms with van der Waals surface area (Å²) in [5, 5.41) is 10.7. The van der Waals surface area contributed by atoms with Crippen LogP contribution in [0.3, 0.4) is 0 Å². The molecule has 0 aliphatic heterocycles. The highest BCUT2D eigenvalue weighted by atomic mass is 31.2. The molecule has 0 saturated heterocycles. The lowest BCUT2D eigenvalue weighted by atomic mass is 10.00. The molecule has 0 fully saturated rings. The fourth-order valence-corrected chi connectivity index (χ4v) is 14.6. The Morgan fingerprint density at radius 3 is 0.738 bits per heavy atom. The van der Waals surface area contributed by atoms with Gasteiger partial charge in [0.1, 0.15) is 19.3 Å². The number of unbranched alkanes of at least 4 members (excludes halogenated alkanes) is 49. The predicted octanol–water partition coefficient (Wildman–Crippen LogP) is 25.3. The first kappa shape index (κ1) is 101. The van der Waals surface area contributed by atoms with Crippen LogP contribution >= 0.6 is 15.6 Å². The molecule has 0 radical (unpaired) electrons. The molecule has 0 aliphatic rings. The van der Waals surface area contributed by atoms with Crippen molar-refractivity contribution in [3.05, 3.63) is 0 Å². The number of carbonyl (C=O) groups excluding carboxylic acids is 4. The monoisotopic (exact) mass is 1510 g/mol. The molecular formula is C84H164O17P2. The van der Waals surface area contributed by atoms with Crippen LogP contribution in [0.15, 0.2) is 0 Å². The second kappa shape index (κ2) is 74.2. The van der Waals surface area contributed by atoms with Crippen molar-refractivity contribution in [1.82, 2.24) is 0 Å². The van der Waals surface area contributed by atoms with Crippen molar-refractivity contribution in [2.75, 3.05) is 39.6 Å². The minimum absolute atomic E-state index is 0.107. The fraction of sp³-hybridized carbons (Fsp3) is 0.952. The predicted molar refractivity (Wildman–Crippen MR) is 423 cm³/mol. The smallest absolute Gasteiger partial charge is 0.462 e. The van der Waals surface area contributed by atoms with Crippen LogP contribution in [0.1, 0.15) is 440 Å². The topological polar surface area (TPSA) is 237 Å². The number of carbonyl (C=O) groups is 4. The molecular weight excluding hydrogens is 1340 g/mol. The second-order valence-electron chi connectivity index (χ2n) is 31.4. The molecule has 612 valence electrons. The van der Waals surface area contributed by atoms with Crippen molar-refractivity contribution < 1.29 is 80.2 Å². The zero-order chi connectivity index (χ0) is 75.8. The molecule has 3 N–H and O–H groups in total. The molecule has 0 rings (SSSR count). The van der Waals surface area contributed by atoms with E-state index in [2.05, 4.69) is 48.5 Å². The zero-order valence-electron chi connectivity index (χ0n) is 67.8. The third-order valence-electron chi connectivity index (χ3n) is 20.0. The van der Waals surface area contributed by atoms with E-state index in [1.54, 1.807) is 0 Å². The third-order valence-corrected chi connectivity index (χ3v) is 21.9. The Bertz CT molecular complexity index is 1990. The fourth-order valence-electron chi connectivity index (χ4n) is 13.0. The van der Waals surface area contributed by atoms with Crippen molar-refractivity contribution >= 4 is 39.5 Å². The largest absolute Gasteiger partial charge is 0.472 e. The Morgan fingerprint density at radius 2 is 0.495 bits per heavy atom. The summed E-state index contributed by atoms with van der Waals surface area (Å²) < 4.78 is 68.8. The van der Waals surface area contributed by atoms with Crippen LogP contribution < -0.4 is 0 Å². The summed E-state index contributed by atoms with van der Waals surface area (Å²) in [5.41, 5.74) is 0. The molecule has 3 unspecified atom stereocenters. The van der Waals surface area contributed by atoms with Gasteiger partial charge in [0.25, 0.3) is 0 Å². The van der Waals surface area contributed by atoms with Gasteiger partial charge >= 0.3 is 39.5 Å². The zero-order valence-corrected chi connectivity index (χ0v) is 69.6. The maximum absolute atomic E-state index is 13.1. The maximum atomic E-state index is 13.1. The average Bonchev–Trinajstić information content (AvgIpc) is 0.909. The van der Waals surface area contributed by atoms with E-state index < -0.39 is 97.5 Å². The van der Waals surface area contributed by atoms with Gasteiger partial charge in [-0.05, 0) is 43.4 Å². The summed E-state index contributed by atoms with van der Waals surface area (Å²) in [5.74, 6) is 0.256. The summed E-state index contributed by atoms with van der Waals surface area (Å²) in [6.45, 7) is 12.0. The van der Waals surface area contributed by atoms with E-state index in [9.17, 15) is 43.2 Å². The minimum Gasteiger partial charge on any atom is -0.462 e. The molecule has 0 spiro atoms. The number of ether oxygens (including phenoxy) is 4.